The van der Waals surface area contributed by atoms with Crippen LogP contribution in [0, 0.1) is 0 Å². The number of carbonyl (C=O) groups excluding carboxylic acids is 3. The average Bonchev–Trinajstić information content (AvgIpc) is 3.26. The monoisotopic (exact) mass is 390 g/mol. The van der Waals surface area contributed by atoms with E-state index in [0.717, 1.165) is 29.5 Å². The van der Waals surface area contributed by atoms with Gasteiger partial charge in [-0.15, -0.1) is 0 Å². The number of amides is 3. The highest BCUT2D eigenvalue weighted by molar-refractivity contribution is 8.18. The Labute approximate surface area is 159 Å². The number of rotatable bonds is 6. The summed E-state index contributed by atoms with van der Waals surface area (Å²) in [5.74, 6) is -1.38. The Balaban J connectivity index is 1.64. The van der Waals surface area contributed by atoms with Gasteiger partial charge in [-0.3, -0.25) is 19.3 Å². The Kier molecular flexibility index (Phi) is 5.80. The molecule has 0 unspecified atom stereocenters. The summed E-state index contributed by atoms with van der Waals surface area (Å²) in [6.45, 7) is 0.662. The molecule has 0 aromatic heterocycles. The summed E-state index contributed by atoms with van der Waals surface area (Å²) in [7, 11) is 0. The van der Waals surface area contributed by atoms with Crippen LogP contribution in [0.3, 0.4) is 0 Å². The number of thioether (sulfide) groups is 1. The van der Waals surface area contributed by atoms with E-state index >= 15 is 0 Å². The van der Waals surface area contributed by atoms with Crippen LogP contribution in [0.25, 0.3) is 6.08 Å². The van der Waals surface area contributed by atoms with E-state index < -0.39 is 23.7 Å². The third-order valence-electron chi connectivity index (χ3n) is 4.17. The molecule has 0 radical (unpaired) electrons. The molecule has 142 valence electrons. The van der Waals surface area contributed by atoms with Crippen LogP contribution >= 0.6 is 11.8 Å². The summed E-state index contributed by atoms with van der Waals surface area (Å²) in [5, 5.41) is 8.13. The molecule has 0 atom stereocenters. The summed E-state index contributed by atoms with van der Waals surface area (Å²) >= 11 is 0.798. The van der Waals surface area contributed by atoms with Crippen molar-refractivity contribution in [1.29, 1.82) is 0 Å². The number of likely N-dealkylation sites (tertiary alicyclic amines) is 1. The molecule has 2 aliphatic heterocycles. The largest absolute Gasteiger partial charge is 0.482 e. The minimum absolute atomic E-state index is 0.212. The lowest BCUT2D eigenvalue weighted by Gasteiger charge is -2.18. The van der Waals surface area contributed by atoms with Gasteiger partial charge in [0.15, 0.2) is 6.61 Å². The number of hydrogen-bond acceptors (Lipinski definition) is 6. The van der Waals surface area contributed by atoms with Crippen LogP contribution in [-0.2, 0) is 14.4 Å². The molecule has 8 nitrogen and oxygen atoms in total. The normalized spacial score (nSPS) is 18.4. The molecular formula is C18H18N2O6S. The fraction of sp³-hybridized carbons (Fsp3) is 0.333. The highest BCUT2D eigenvalue weighted by atomic mass is 32.2. The molecule has 1 N–H and O–H groups in total. The molecule has 2 fully saturated rings. The first-order valence-corrected chi connectivity index (χ1v) is 9.23. The Bertz CT molecular complexity index is 799. The lowest BCUT2D eigenvalue weighted by molar-refractivity contribution is -0.139. The number of benzene rings is 1. The minimum atomic E-state index is -1.07. The maximum atomic E-state index is 12.5. The number of carbonyl (C=O) groups is 4. The first-order chi connectivity index (χ1) is 12.9. The van der Waals surface area contributed by atoms with E-state index in [-0.39, 0.29) is 17.4 Å². The maximum absolute atomic E-state index is 12.5. The standard InChI is InChI=1S/C18H18N2O6S/c21-15(19-7-1-2-8-19)10-20-17(24)14(27-18(20)25)9-12-3-5-13(6-4-12)26-11-16(22)23/h3-6,9H,1-2,7-8,10-11H2,(H,22,23)/b14-9-. The lowest BCUT2D eigenvalue weighted by atomic mass is 10.2. The van der Waals surface area contributed by atoms with Crippen LogP contribution in [0.5, 0.6) is 5.75 Å². The number of ether oxygens (including phenoxy) is 1. The molecule has 0 spiro atoms. The first kappa shape index (κ1) is 19.0. The molecule has 2 aliphatic rings. The van der Waals surface area contributed by atoms with Gasteiger partial charge in [-0.25, -0.2) is 4.79 Å². The Morgan fingerprint density at radius 2 is 1.81 bits per heavy atom. The molecule has 0 saturated carbocycles. The Morgan fingerprint density at radius 3 is 2.44 bits per heavy atom. The molecule has 2 heterocycles. The zero-order valence-corrected chi connectivity index (χ0v) is 15.2. The van der Waals surface area contributed by atoms with Gasteiger partial charge in [-0.05, 0) is 48.4 Å². The van der Waals surface area contributed by atoms with Gasteiger partial charge < -0.3 is 14.7 Å². The van der Waals surface area contributed by atoms with Crippen molar-refractivity contribution in [1.82, 2.24) is 9.80 Å². The number of carboxylic acids is 1. The number of imide groups is 1. The second-order valence-electron chi connectivity index (χ2n) is 6.11. The fourth-order valence-corrected chi connectivity index (χ4v) is 3.63. The van der Waals surface area contributed by atoms with Crippen LogP contribution in [0.15, 0.2) is 29.2 Å². The predicted molar refractivity (Wildman–Crippen MR) is 98.1 cm³/mol. The molecule has 9 heteroatoms. The third kappa shape index (κ3) is 4.68. The van der Waals surface area contributed by atoms with Crippen LogP contribution in [0.1, 0.15) is 18.4 Å². The second kappa shape index (κ2) is 8.26. The predicted octanol–water partition coefficient (Wildman–Crippen LogP) is 1.81. The van der Waals surface area contributed by atoms with Crippen molar-refractivity contribution in [3.05, 3.63) is 34.7 Å². The fourth-order valence-electron chi connectivity index (χ4n) is 2.79. The van der Waals surface area contributed by atoms with Crippen molar-refractivity contribution in [2.24, 2.45) is 0 Å². The van der Waals surface area contributed by atoms with Gasteiger partial charge >= 0.3 is 5.97 Å². The van der Waals surface area contributed by atoms with E-state index in [2.05, 4.69) is 0 Å². The van der Waals surface area contributed by atoms with E-state index in [1.165, 1.54) is 0 Å². The zero-order valence-electron chi connectivity index (χ0n) is 14.4. The topological polar surface area (TPSA) is 104 Å². The summed E-state index contributed by atoms with van der Waals surface area (Å²) in [4.78, 5) is 50.2. The third-order valence-corrected chi connectivity index (χ3v) is 5.07. The van der Waals surface area contributed by atoms with E-state index in [1.807, 2.05) is 0 Å². The Hall–Kier alpha value is -2.81. The van der Waals surface area contributed by atoms with Gasteiger partial charge in [0.2, 0.25) is 5.91 Å². The maximum Gasteiger partial charge on any atom is 0.341 e. The molecule has 1 aromatic carbocycles. The van der Waals surface area contributed by atoms with Crippen LogP contribution in [-0.4, -0.2) is 64.2 Å². The van der Waals surface area contributed by atoms with E-state index in [1.54, 1.807) is 35.2 Å². The molecule has 0 aliphatic carbocycles. The molecule has 1 aromatic rings. The van der Waals surface area contributed by atoms with Gasteiger partial charge in [0, 0.05) is 13.1 Å². The summed E-state index contributed by atoms with van der Waals surface area (Å²) in [6.07, 6.45) is 3.45. The number of hydrogen-bond donors (Lipinski definition) is 1. The SMILES string of the molecule is O=C(O)COc1ccc(/C=C2\SC(=O)N(CC(=O)N3CCCC3)C2=O)cc1. The molecule has 2 saturated heterocycles. The van der Waals surface area contributed by atoms with Crippen molar-refractivity contribution in [2.45, 2.75) is 12.8 Å². The smallest absolute Gasteiger partial charge is 0.341 e. The van der Waals surface area contributed by atoms with Crippen molar-refractivity contribution in [3.8, 4) is 5.75 Å². The van der Waals surface area contributed by atoms with Gasteiger partial charge in [-0.2, -0.15) is 0 Å². The highest BCUT2D eigenvalue weighted by Crippen LogP contribution is 2.32. The summed E-state index contributed by atoms with van der Waals surface area (Å²) in [5.41, 5.74) is 0.661. The first-order valence-electron chi connectivity index (χ1n) is 8.42. The van der Waals surface area contributed by atoms with Crippen molar-refractivity contribution in [2.75, 3.05) is 26.2 Å². The second-order valence-corrected chi connectivity index (χ2v) is 7.10. The van der Waals surface area contributed by atoms with Crippen molar-refractivity contribution >= 4 is 40.9 Å². The van der Waals surface area contributed by atoms with Crippen molar-refractivity contribution in [3.63, 3.8) is 0 Å². The molecular weight excluding hydrogens is 372 g/mol. The van der Waals surface area contributed by atoms with Crippen LogP contribution in [0.2, 0.25) is 0 Å². The van der Waals surface area contributed by atoms with Gasteiger partial charge in [0.1, 0.15) is 12.3 Å². The molecule has 0 bridgehead atoms. The summed E-state index contributed by atoms with van der Waals surface area (Å²) < 4.78 is 5.04. The number of carboxylic acid groups (broad SMARTS) is 1. The van der Waals surface area contributed by atoms with Crippen LogP contribution in [0.4, 0.5) is 4.79 Å². The van der Waals surface area contributed by atoms with Crippen LogP contribution < -0.4 is 4.74 Å². The lowest BCUT2D eigenvalue weighted by Crippen LogP contribution is -2.40. The minimum Gasteiger partial charge on any atom is -0.482 e. The average molecular weight is 390 g/mol. The molecule has 3 rings (SSSR count). The van der Waals surface area contributed by atoms with E-state index in [0.29, 0.717) is 24.4 Å². The van der Waals surface area contributed by atoms with E-state index in [4.69, 9.17) is 9.84 Å². The number of aliphatic carboxylic acids is 1. The number of nitrogens with zero attached hydrogens (tertiary/aromatic N) is 2. The zero-order chi connectivity index (χ0) is 19.4. The molecule has 3 amide bonds. The van der Waals surface area contributed by atoms with Gasteiger partial charge in [0.05, 0.1) is 4.91 Å². The Morgan fingerprint density at radius 1 is 1.15 bits per heavy atom. The van der Waals surface area contributed by atoms with Crippen molar-refractivity contribution < 1.29 is 29.0 Å². The summed E-state index contributed by atoms with van der Waals surface area (Å²) in [6, 6.07) is 6.47. The van der Waals surface area contributed by atoms with Gasteiger partial charge in [0.25, 0.3) is 11.1 Å². The van der Waals surface area contributed by atoms with E-state index in [9.17, 15) is 19.2 Å². The molecule has 27 heavy (non-hydrogen) atoms. The van der Waals surface area contributed by atoms with Gasteiger partial charge in [-0.1, -0.05) is 12.1 Å². The quantitative estimate of drug-likeness (QED) is 0.739. The highest BCUT2D eigenvalue weighted by Gasteiger charge is 2.37.